The molecule has 2 aromatic carbocycles. The first-order chi connectivity index (χ1) is 14.0. The zero-order valence-electron chi connectivity index (χ0n) is 15.4. The second-order valence-electron chi connectivity index (χ2n) is 6.26. The maximum absolute atomic E-state index is 12.8. The van der Waals surface area contributed by atoms with E-state index in [0.717, 1.165) is 5.39 Å². The maximum atomic E-state index is 12.8. The van der Waals surface area contributed by atoms with Crippen LogP contribution in [-0.2, 0) is 4.79 Å². The number of carbonyl (C=O) groups excluding carboxylic acids is 3. The van der Waals surface area contributed by atoms with E-state index in [1.807, 2.05) is 18.2 Å². The van der Waals surface area contributed by atoms with Gasteiger partial charge in [-0.2, -0.15) is 0 Å². The number of nitrogens with one attached hydrogen (secondary N) is 3. The van der Waals surface area contributed by atoms with Crippen molar-refractivity contribution in [1.82, 2.24) is 21.2 Å². The first-order valence-electron chi connectivity index (χ1n) is 9.02. The predicted octanol–water partition coefficient (Wildman–Crippen LogP) is 2.35. The average molecular weight is 394 g/mol. The maximum Gasteiger partial charge on any atom is 0.288 e. The Labute approximate surface area is 166 Å². The van der Waals surface area contributed by atoms with Crippen LogP contribution < -0.4 is 16.2 Å². The van der Waals surface area contributed by atoms with E-state index in [4.69, 9.17) is 0 Å². The summed E-state index contributed by atoms with van der Waals surface area (Å²) in [4.78, 5) is 40.1. The smallest absolute Gasteiger partial charge is 0.288 e. The van der Waals surface area contributed by atoms with Gasteiger partial charge in [0.1, 0.15) is 11.5 Å². The van der Waals surface area contributed by atoms with Crippen molar-refractivity contribution in [2.75, 3.05) is 6.54 Å². The third-order valence-corrected chi connectivity index (χ3v) is 4.12. The molecule has 0 aliphatic carbocycles. The Morgan fingerprint density at radius 1 is 0.862 bits per heavy atom. The summed E-state index contributed by atoms with van der Waals surface area (Å²) in [5.41, 5.74) is 5.86. The van der Waals surface area contributed by atoms with Crippen molar-refractivity contribution >= 4 is 28.6 Å². The molecule has 0 unspecified atom stereocenters. The van der Waals surface area contributed by atoms with Gasteiger partial charge in [0.25, 0.3) is 11.8 Å². The molecule has 0 aliphatic rings. The number of pyridine rings is 1. The summed E-state index contributed by atoms with van der Waals surface area (Å²) >= 11 is 0. The van der Waals surface area contributed by atoms with Crippen molar-refractivity contribution in [2.24, 2.45) is 0 Å². The van der Waals surface area contributed by atoms with Crippen LogP contribution in [0.25, 0.3) is 10.9 Å². The number of amides is 3. The van der Waals surface area contributed by atoms with E-state index in [9.17, 15) is 18.8 Å². The number of hydrogen-bond donors (Lipinski definition) is 3. The van der Waals surface area contributed by atoms with Crippen molar-refractivity contribution in [3.05, 3.63) is 77.7 Å². The molecule has 7 nitrogen and oxygen atoms in total. The summed E-state index contributed by atoms with van der Waals surface area (Å²) in [6.07, 6.45) is 0.484. The summed E-state index contributed by atoms with van der Waals surface area (Å²) in [5.74, 6) is -1.68. The molecule has 148 valence electrons. The Bertz CT molecular complexity index is 1040. The van der Waals surface area contributed by atoms with Gasteiger partial charge in [0, 0.05) is 23.9 Å². The van der Waals surface area contributed by atoms with Gasteiger partial charge >= 0.3 is 0 Å². The molecular weight excluding hydrogens is 375 g/mol. The van der Waals surface area contributed by atoms with Crippen molar-refractivity contribution in [2.45, 2.75) is 12.8 Å². The first-order valence-corrected chi connectivity index (χ1v) is 9.02. The number of carbonyl (C=O) groups is 3. The highest BCUT2D eigenvalue weighted by atomic mass is 19.1. The molecule has 29 heavy (non-hydrogen) atoms. The standard InChI is InChI=1S/C21H19FN4O3/c22-16-10-7-15(8-11-16)20(28)23-13-3-6-19(27)25-26-21(29)18-12-9-14-4-1-2-5-17(14)24-18/h1-2,4-5,7-12H,3,6,13H2,(H,23,28)(H,25,27)(H,26,29). The Hall–Kier alpha value is -3.81. The normalized spacial score (nSPS) is 10.4. The highest BCUT2D eigenvalue weighted by Crippen LogP contribution is 2.11. The van der Waals surface area contributed by atoms with Crippen LogP contribution in [0, 0.1) is 5.82 Å². The molecule has 8 heteroatoms. The monoisotopic (exact) mass is 394 g/mol. The molecule has 0 radical (unpaired) electrons. The highest BCUT2D eigenvalue weighted by Gasteiger charge is 2.10. The predicted molar refractivity (Wildman–Crippen MR) is 105 cm³/mol. The number of para-hydroxylation sites is 1. The zero-order chi connectivity index (χ0) is 20.6. The van der Waals surface area contributed by atoms with Crippen LogP contribution in [0.15, 0.2) is 60.7 Å². The Kier molecular flexibility index (Phi) is 6.47. The lowest BCUT2D eigenvalue weighted by molar-refractivity contribution is -0.121. The summed E-state index contributed by atoms with van der Waals surface area (Å²) in [5, 5.41) is 3.56. The van der Waals surface area contributed by atoms with Gasteiger partial charge in [-0.1, -0.05) is 24.3 Å². The number of hydrazine groups is 1. The van der Waals surface area contributed by atoms with Gasteiger partial charge in [-0.15, -0.1) is 0 Å². The Morgan fingerprint density at radius 3 is 2.41 bits per heavy atom. The molecule has 0 fully saturated rings. The van der Waals surface area contributed by atoms with Crippen LogP contribution in [-0.4, -0.2) is 29.3 Å². The molecule has 0 saturated heterocycles. The van der Waals surface area contributed by atoms with Gasteiger partial charge in [0.05, 0.1) is 5.52 Å². The molecule has 0 aliphatic heterocycles. The minimum absolute atomic E-state index is 0.106. The van der Waals surface area contributed by atoms with Crippen LogP contribution in [0.5, 0.6) is 0 Å². The van der Waals surface area contributed by atoms with Crippen LogP contribution >= 0.6 is 0 Å². The number of rotatable bonds is 6. The van der Waals surface area contributed by atoms with E-state index in [0.29, 0.717) is 17.5 Å². The third-order valence-electron chi connectivity index (χ3n) is 4.12. The number of benzene rings is 2. The fourth-order valence-electron chi connectivity index (χ4n) is 2.60. The molecule has 0 saturated carbocycles. The lowest BCUT2D eigenvalue weighted by Gasteiger charge is -2.08. The lowest BCUT2D eigenvalue weighted by Crippen LogP contribution is -2.42. The van der Waals surface area contributed by atoms with Crippen molar-refractivity contribution in [1.29, 1.82) is 0 Å². The second-order valence-corrected chi connectivity index (χ2v) is 6.26. The molecule has 0 spiro atoms. The number of hydrogen-bond acceptors (Lipinski definition) is 4. The third kappa shape index (κ3) is 5.58. The number of halogens is 1. The number of aromatic nitrogens is 1. The highest BCUT2D eigenvalue weighted by molar-refractivity contribution is 5.96. The minimum atomic E-state index is -0.520. The van der Waals surface area contributed by atoms with Crippen molar-refractivity contribution in [3.63, 3.8) is 0 Å². The van der Waals surface area contributed by atoms with Crippen LogP contribution in [0.3, 0.4) is 0 Å². The molecule has 0 bridgehead atoms. The van der Waals surface area contributed by atoms with Gasteiger partial charge in [-0.05, 0) is 42.8 Å². The van der Waals surface area contributed by atoms with E-state index in [2.05, 4.69) is 21.2 Å². The Morgan fingerprint density at radius 2 is 1.62 bits per heavy atom. The van der Waals surface area contributed by atoms with Gasteiger partial charge in [0.15, 0.2) is 0 Å². The van der Waals surface area contributed by atoms with E-state index < -0.39 is 17.6 Å². The average Bonchev–Trinajstić information content (AvgIpc) is 2.75. The molecule has 3 rings (SSSR count). The summed E-state index contributed by atoms with van der Waals surface area (Å²) in [6, 6.07) is 15.9. The van der Waals surface area contributed by atoms with Gasteiger partial charge in [-0.3, -0.25) is 25.2 Å². The molecule has 3 aromatic rings. The fraction of sp³-hybridized carbons (Fsp3) is 0.143. The lowest BCUT2D eigenvalue weighted by atomic mass is 10.2. The van der Waals surface area contributed by atoms with E-state index >= 15 is 0 Å². The molecule has 3 amide bonds. The van der Waals surface area contributed by atoms with Crippen LogP contribution in [0.4, 0.5) is 4.39 Å². The minimum Gasteiger partial charge on any atom is -0.352 e. The summed E-state index contributed by atoms with van der Waals surface area (Å²) < 4.78 is 12.8. The Balaban J connectivity index is 1.38. The summed E-state index contributed by atoms with van der Waals surface area (Å²) in [7, 11) is 0. The van der Waals surface area contributed by atoms with Gasteiger partial charge < -0.3 is 5.32 Å². The van der Waals surface area contributed by atoms with E-state index in [-0.39, 0.29) is 24.6 Å². The molecule has 1 aromatic heterocycles. The van der Waals surface area contributed by atoms with Crippen molar-refractivity contribution < 1.29 is 18.8 Å². The van der Waals surface area contributed by atoms with Crippen LogP contribution in [0.2, 0.25) is 0 Å². The fourth-order valence-corrected chi connectivity index (χ4v) is 2.60. The van der Waals surface area contributed by atoms with E-state index in [1.54, 1.807) is 18.2 Å². The topological polar surface area (TPSA) is 100 Å². The van der Waals surface area contributed by atoms with Crippen LogP contribution in [0.1, 0.15) is 33.7 Å². The number of fused-ring (bicyclic) bond motifs is 1. The van der Waals surface area contributed by atoms with Gasteiger partial charge in [-0.25, -0.2) is 9.37 Å². The number of nitrogens with zero attached hydrogens (tertiary/aromatic N) is 1. The zero-order valence-corrected chi connectivity index (χ0v) is 15.4. The first kappa shape index (κ1) is 19.9. The second kappa shape index (κ2) is 9.41. The molecule has 3 N–H and O–H groups in total. The molecular formula is C21H19FN4O3. The van der Waals surface area contributed by atoms with Crippen molar-refractivity contribution in [3.8, 4) is 0 Å². The van der Waals surface area contributed by atoms with Gasteiger partial charge in [0.2, 0.25) is 5.91 Å². The summed E-state index contributed by atoms with van der Waals surface area (Å²) in [6.45, 7) is 0.268. The largest absolute Gasteiger partial charge is 0.352 e. The SMILES string of the molecule is O=C(CCCNC(=O)c1ccc(F)cc1)NNC(=O)c1ccc2ccccc2n1. The molecule has 1 heterocycles. The van der Waals surface area contributed by atoms with E-state index in [1.165, 1.54) is 24.3 Å². The quantitative estimate of drug-likeness (QED) is 0.441. The molecule has 0 atom stereocenters.